The molecule has 6 heteroatoms. The minimum absolute atomic E-state index is 0.314. The molecule has 0 amide bonds. The molecule has 1 aliphatic rings. The predicted octanol–water partition coefficient (Wildman–Crippen LogP) is 3.92. The van der Waals surface area contributed by atoms with Crippen LogP contribution < -0.4 is 5.32 Å². The molecule has 1 fully saturated rings. The quantitative estimate of drug-likeness (QED) is 0.673. The summed E-state index contributed by atoms with van der Waals surface area (Å²) in [7, 11) is 0. The molecule has 2 aromatic carbocycles. The van der Waals surface area contributed by atoms with Crippen molar-refractivity contribution in [1.82, 2.24) is 20.3 Å². The van der Waals surface area contributed by atoms with Gasteiger partial charge >= 0.3 is 0 Å². The Balaban J connectivity index is 1.51. The van der Waals surface area contributed by atoms with Crippen LogP contribution in [0.25, 0.3) is 11.3 Å². The van der Waals surface area contributed by atoms with Crippen molar-refractivity contribution in [2.75, 3.05) is 13.2 Å². The van der Waals surface area contributed by atoms with Gasteiger partial charge in [-0.2, -0.15) is 15.0 Å². The summed E-state index contributed by atoms with van der Waals surface area (Å²) in [5, 5.41) is 13.7. The fourth-order valence-corrected chi connectivity index (χ4v) is 3.43. The first kappa shape index (κ1) is 18.2. The van der Waals surface area contributed by atoms with Crippen LogP contribution in [0.4, 0.5) is 0 Å². The van der Waals surface area contributed by atoms with E-state index in [9.17, 15) is 0 Å². The van der Waals surface area contributed by atoms with Crippen LogP contribution in [0.2, 0.25) is 5.02 Å². The fraction of sp³-hybridized carbons (Fsp3) is 0.333. The number of halogens is 1. The molecule has 0 radical (unpaired) electrons. The molecule has 1 atom stereocenters. The van der Waals surface area contributed by atoms with Gasteiger partial charge in [-0.3, -0.25) is 0 Å². The van der Waals surface area contributed by atoms with Crippen LogP contribution in [0.1, 0.15) is 24.1 Å². The monoisotopic (exact) mass is 382 g/mol. The SMILES string of the molecule is Clc1ccc(Cn2nc(CNC[C@@H]3CCCO3)c(-c3ccccc3)n2)cc1. The van der Waals surface area contributed by atoms with Crippen LogP contribution in [-0.4, -0.2) is 34.2 Å². The Morgan fingerprint density at radius 2 is 1.89 bits per heavy atom. The maximum atomic E-state index is 5.98. The predicted molar refractivity (Wildman–Crippen MR) is 107 cm³/mol. The highest BCUT2D eigenvalue weighted by Crippen LogP contribution is 2.21. The Hall–Kier alpha value is -2.21. The summed E-state index contributed by atoms with van der Waals surface area (Å²) in [6, 6.07) is 18.0. The third-order valence-corrected chi connectivity index (χ3v) is 4.95. The minimum atomic E-state index is 0.314. The van der Waals surface area contributed by atoms with Crippen LogP contribution in [0, 0.1) is 0 Å². The van der Waals surface area contributed by atoms with Gasteiger partial charge in [-0.15, -0.1) is 0 Å². The second kappa shape index (κ2) is 8.65. The molecule has 140 valence electrons. The smallest absolute Gasteiger partial charge is 0.117 e. The summed E-state index contributed by atoms with van der Waals surface area (Å²) in [5.41, 5.74) is 4.07. The Morgan fingerprint density at radius 3 is 2.63 bits per heavy atom. The zero-order valence-corrected chi connectivity index (χ0v) is 15.9. The van der Waals surface area contributed by atoms with Gasteiger partial charge in [-0.05, 0) is 30.5 Å². The van der Waals surface area contributed by atoms with E-state index in [2.05, 4.69) is 17.4 Å². The highest BCUT2D eigenvalue weighted by molar-refractivity contribution is 6.30. The summed E-state index contributed by atoms with van der Waals surface area (Å²) in [6.07, 6.45) is 2.59. The van der Waals surface area contributed by atoms with E-state index in [0.29, 0.717) is 19.2 Å². The highest BCUT2D eigenvalue weighted by atomic mass is 35.5. The number of aromatic nitrogens is 3. The van der Waals surface area contributed by atoms with E-state index in [1.165, 1.54) is 0 Å². The van der Waals surface area contributed by atoms with E-state index in [4.69, 9.17) is 26.5 Å². The third-order valence-electron chi connectivity index (χ3n) is 4.70. The Kier molecular flexibility index (Phi) is 5.82. The van der Waals surface area contributed by atoms with E-state index in [-0.39, 0.29) is 0 Å². The van der Waals surface area contributed by atoms with Crippen LogP contribution in [0.5, 0.6) is 0 Å². The zero-order valence-electron chi connectivity index (χ0n) is 15.1. The maximum absolute atomic E-state index is 5.98. The second-order valence-corrected chi connectivity index (χ2v) is 7.22. The number of ether oxygens (including phenoxy) is 1. The number of hydrogen-bond acceptors (Lipinski definition) is 4. The number of nitrogens with zero attached hydrogens (tertiary/aromatic N) is 3. The van der Waals surface area contributed by atoms with Crippen LogP contribution in [0.15, 0.2) is 54.6 Å². The molecule has 0 unspecified atom stereocenters. The molecule has 5 nitrogen and oxygen atoms in total. The highest BCUT2D eigenvalue weighted by Gasteiger charge is 2.17. The van der Waals surface area contributed by atoms with Gasteiger partial charge in [-0.25, -0.2) is 0 Å². The van der Waals surface area contributed by atoms with Gasteiger partial charge in [0.15, 0.2) is 0 Å². The molecule has 4 rings (SSSR count). The molecule has 0 saturated carbocycles. The molecular formula is C21H23ClN4O. The van der Waals surface area contributed by atoms with Crippen LogP contribution in [-0.2, 0) is 17.8 Å². The Morgan fingerprint density at radius 1 is 1.07 bits per heavy atom. The summed E-state index contributed by atoms with van der Waals surface area (Å²) in [5.74, 6) is 0. The first-order valence-corrected chi connectivity index (χ1v) is 9.72. The molecule has 0 aliphatic carbocycles. The molecule has 1 aliphatic heterocycles. The standard InChI is InChI=1S/C21H23ClN4O/c22-18-10-8-16(9-11-18)15-26-24-20(14-23-13-19-7-4-12-27-19)21(25-26)17-5-2-1-3-6-17/h1-3,5-6,8-11,19,23H,4,7,12-15H2/t19-/m0/s1. The van der Waals surface area contributed by atoms with Crippen molar-refractivity contribution in [2.45, 2.75) is 32.0 Å². The number of rotatable bonds is 7. The Labute approximate surface area is 164 Å². The molecular weight excluding hydrogens is 360 g/mol. The average Bonchev–Trinajstić information content (AvgIpc) is 3.35. The summed E-state index contributed by atoms with van der Waals surface area (Å²) in [4.78, 5) is 1.76. The van der Waals surface area contributed by atoms with Gasteiger partial charge in [0.25, 0.3) is 0 Å². The maximum Gasteiger partial charge on any atom is 0.117 e. The van der Waals surface area contributed by atoms with Gasteiger partial charge in [0.05, 0.1) is 12.6 Å². The van der Waals surface area contributed by atoms with E-state index in [0.717, 1.165) is 53.5 Å². The summed E-state index contributed by atoms with van der Waals surface area (Å²) >= 11 is 5.98. The topological polar surface area (TPSA) is 52.0 Å². The van der Waals surface area contributed by atoms with Gasteiger partial charge in [0.2, 0.25) is 0 Å². The largest absolute Gasteiger partial charge is 0.377 e. The van der Waals surface area contributed by atoms with Gasteiger partial charge in [0.1, 0.15) is 11.4 Å². The van der Waals surface area contributed by atoms with Gasteiger partial charge < -0.3 is 10.1 Å². The Bertz CT molecular complexity index is 858. The average molecular weight is 383 g/mol. The van der Waals surface area contributed by atoms with Gasteiger partial charge in [-0.1, -0.05) is 54.1 Å². The molecule has 0 spiro atoms. The van der Waals surface area contributed by atoms with E-state index >= 15 is 0 Å². The first-order valence-electron chi connectivity index (χ1n) is 9.34. The number of nitrogens with one attached hydrogen (secondary N) is 1. The lowest BCUT2D eigenvalue weighted by atomic mass is 10.1. The molecule has 1 N–H and O–H groups in total. The molecule has 3 aromatic rings. The van der Waals surface area contributed by atoms with Crippen LogP contribution >= 0.6 is 11.6 Å². The number of hydrogen-bond donors (Lipinski definition) is 1. The van der Waals surface area contributed by atoms with E-state index in [1.807, 2.05) is 42.5 Å². The third kappa shape index (κ3) is 4.75. The van der Waals surface area contributed by atoms with Crippen molar-refractivity contribution in [3.63, 3.8) is 0 Å². The molecule has 2 heterocycles. The first-order chi connectivity index (χ1) is 13.3. The normalized spacial score (nSPS) is 16.7. The number of benzene rings is 2. The van der Waals surface area contributed by atoms with Crippen molar-refractivity contribution in [3.05, 3.63) is 70.9 Å². The lowest BCUT2D eigenvalue weighted by Gasteiger charge is -2.10. The molecule has 0 bridgehead atoms. The van der Waals surface area contributed by atoms with Crippen molar-refractivity contribution in [2.24, 2.45) is 0 Å². The molecule has 1 saturated heterocycles. The fourth-order valence-electron chi connectivity index (χ4n) is 3.30. The summed E-state index contributed by atoms with van der Waals surface area (Å²) in [6.45, 7) is 3.00. The van der Waals surface area contributed by atoms with Crippen molar-refractivity contribution < 1.29 is 4.74 Å². The zero-order chi connectivity index (χ0) is 18.5. The van der Waals surface area contributed by atoms with E-state index < -0.39 is 0 Å². The van der Waals surface area contributed by atoms with Crippen molar-refractivity contribution in [1.29, 1.82) is 0 Å². The van der Waals surface area contributed by atoms with Crippen molar-refractivity contribution in [3.8, 4) is 11.3 Å². The summed E-state index contributed by atoms with van der Waals surface area (Å²) < 4.78 is 5.69. The molecule has 27 heavy (non-hydrogen) atoms. The van der Waals surface area contributed by atoms with Gasteiger partial charge in [0, 0.05) is 30.3 Å². The second-order valence-electron chi connectivity index (χ2n) is 6.78. The lowest BCUT2D eigenvalue weighted by molar-refractivity contribution is 0.110. The lowest BCUT2D eigenvalue weighted by Crippen LogP contribution is -2.26. The van der Waals surface area contributed by atoms with Crippen LogP contribution in [0.3, 0.4) is 0 Å². The minimum Gasteiger partial charge on any atom is -0.377 e. The molecule has 1 aromatic heterocycles. The van der Waals surface area contributed by atoms with E-state index in [1.54, 1.807) is 4.80 Å². The van der Waals surface area contributed by atoms with Crippen molar-refractivity contribution >= 4 is 11.6 Å².